The van der Waals surface area contributed by atoms with Gasteiger partial charge in [0.1, 0.15) is 0 Å². The number of nitrogens with zero attached hydrogens (tertiary/aromatic N) is 2. The fourth-order valence-corrected chi connectivity index (χ4v) is 2.27. The van der Waals surface area contributed by atoms with E-state index in [0.29, 0.717) is 10.8 Å². The molecule has 0 unspecified atom stereocenters. The van der Waals surface area contributed by atoms with Crippen LogP contribution in [0.3, 0.4) is 0 Å². The standard InChI is InChI=1S/C13H14ClN3O2/c14-11-6-10(7-12-13(11)19-9-18-12)8-15-3-5-17-4-1-2-16-17/h1-2,4,6-7,15H,3,5,8-9H2. The smallest absolute Gasteiger partial charge is 0.231 e. The van der Waals surface area contributed by atoms with Crippen molar-refractivity contribution in [2.24, 2.45) is 0 Å². The van der Waals surface area contributed by atoms with Crippen molar-refractivity contribution in [1.29, 1.82) is 0 Å². The lowest BCUT2D eigenvalue weighted by molar-refractivity contribution is 0.174. The molecule has 5 nitrogen and oxygen atoms in total. The molecular formula is C13H14ClN3O2. The highest BCUT2D eigenvalue weighted by Crippen LogP contribution is 2.39. The van der Waals surface area contributed by atoms with Gasteiger partial charge in [-0.15, -0.1) is 0 Å². The zero-order chi connectivity index (χ0) is 13.1. The number of halogens is 1. The Balaban J connectivity index is 1.54. The van der Waals surface area contributed by atoms with Crippen molar-refractivity contribution in [1.82, 2.24) is 15.1 Å². The van der Waals surface area contributed by atoms with Crippen LogP contribution < -0.4 is 14.8 Å². The second-order valence-electron chi connectivity index (χ2n) is 4.26. The van der Waals surface area contributed by atoms with Gasteiger partial charge in [0.15, 0.2) is 11.5 Å². The van der Waals surface area contributed by atoms with Gasteiger partial charge < -0.3 is 14.8 Å². The number of ether oxygens (including phenoxy) is 2. The van der Waals surface area contributed by atoms with Crippen molar-refractivity contribution in [3.8, 4) is 11.5 Å². The molecule has 0 saturated carbocycles. The van der Waals surface area contributed by atoms with E-state index in [9.17, 15) is 0 Å². The summed E-state index contributed by atoms with van der Waals surface area (Å²) in [6, 6.07) is 5.77. The second kappa shape index (κ2) is 5.50. The normalized spacial score (nSPS) is 12.9. The Morgan fingerprint density at radius 2 is 2.32 bits per heavy atom. The minimum atomic E-state index is 0.241. The summed E-state index contributed by atoms with van der Waals surface area (Å²) >= 11 is 6.12. The number of hydrogen-bond donors (Lipinski definition) is 1. The van der Waals surface area contributed by atoms with Crippen LogP contribution in [0.2, 0.25) is 5.02 Å². The minimum Gasteiger partial charge on any atom is -0.454 e. The molecule has 1 aliphatic heterocycles. The largest absolute Gasteiger partial charge is 0.454 e. The third-order valence-electron chi connectivity index (χ3n) is 2.89. The number of fused-ring (bicyclic) bond motifs is 1. The fourth-order valence-electron chi connectivity index (χ4n) is 1.98. The van der Waals surface area contributed by atoms with E-state index < -0.39 is 0 Å². The highest BCUT2D eigenvalue weighted by Gasteiger charge is 2.17. The van der Waals surface area contributed by atoms with Crippen molar-refractivity contribution >= 4 is 11.6 Å². The van der Waals surface area contributed by atoms with Gasteiger partial charge in [0, 0.05) is 25.5 Å². The quantitative estimate of drug-likeness (QED) is 0.851. The number of benzene rings is 1. The van der Waals surface area contributed by atoms with Crippen molar-refractivity contribution in [2.75, 3.05) is 13.3 Å². The first kappa shape index (κ1) is 12.3. The Morgan fingerprint density at radius 3 is 3.16 bits per heavy atom. The van der Waals surface area contributed by atoms with Crippen LogP contribution in [0.15, 0.2) is 30.6 Å². The third kappa shape index (κ3) is 2.83. The monoisotopic (exact) mass is 279 g/mol. The van der Waals surface area contributed by atoms with E-state index >= 15 is 0 Å². The molecule has 0 spiro atoms. The van der Waals surface area contributed by atoms with Crippen molar-refractivity contribution < 1.29 is 9.47 Å². The number of hydrogen-bond acceptors (Lipinski definition) is 4. The lowest BCUT2D eigenvalue weighted by Gasteiger charge is -2.07. The number of nitrogens with one attached hydrogen (secondary N) is 1. The molecule has 2 heterocycles. The van der Waals surface area contributed by atoms with E-state index in [1.54, 1.807) is 6.20 Å². The molecule has 100 valence electrons. The number of aromatic nitrogens is 2. The Morgan fingerprint density at radius 1 is 1.37 bits per heavy atom. The zero-order valence-electron chi connectivity index (χ0n) is 10.3. The molecule has 0 amide bonds. The Labute approximate surface area is 116 Å². The maximum Gasteiger partial charge on any atom is 0.231 e. The molecule has 0 bridgehead atoms. The van der Waals surface area contributed by atoms with E-state index in [2.05, 4.69) is 10.4 Å². The van der Waals surface area contributed by atoms with Gasteiger partial charge in [0.25, 0.3) is 0 Å². The van der Waals surface area contributed by atoms with Crippen molar-refractivity contribution in [3.63, 3.8) is 0 Å². The summed E-state index contributed by atoms with van der Waals surface area (Å²) < 4.78 is 12.5. The molecule has 1 N–H and O–H groups in total. The van der Waals surface area contributed by atoms with E-state index in [1.165, 1.54) is 0 Å². The van der Waals surface area contributed by atoms with Gasteiger partial charge in [-0.1, -0.05) is 11.6 Å². The van der Waals surface area contributed by atoms with E-state index in [0.717, 1.165) is 30.9 Å². The molecule has 0 radical (unpaired) electrons. The molecule has 1 aliphatic rings. The Bertz CT molecular complexity index is 557. The summed E-state index contributed by atoms with van der Waals surface area (Å²) in [6.45, 7) is 2.65. The van der Waals surface area contributed by atoms with Crippen LogP contribution in [0, 0.1) is 0 Å². The minimum absolute atomic E-state index is 0.241. The summed E-state index contributed by atoms with van der Waals surface area (Å²) in [4.78, 5) is 0. The third-order valence-corrected chi connectivity index (χ3v) is 3.17. The molecule has 0 aliphatic carbocycles. The average molecular weight is 280 g/mol. The predicted molar refractivity (Wildman–Crippen MR) is 71.5 cm³/mol. The number of rotatable bonds is 5. The first-order chi connectivity index (χ1) is 9.33. The molecule has 0 saturated heterocycles. The highest BCUT2D eigenvalue weighted by atomic mass is 35.5. The first-order valence-corrected chi connectivity index (χ1v) is 6.47. The van der Waals surface area contributed by atoms with Gasteiger partial charge in [-0.05, 0) is 23.8 Å². The molecule has 1 aromatic heterocycles. The summed E-state index contributed by atoms with van der Waals surface area (Å²) in [7, 11) is 0. The topological polar surface area (TPSA) is 48.3 Å². The first-order valence-electron chi connectivity index (χ1n) is 6.09. The molecule has 1 aromatic carbocycles. The fraction of sp³-hybridized carbons (Fsp3) is 0.308. The second-order valence-corrected chi connectivity index (χ2v) is 4.66. The van der Waals surface area contributed by atoms with Crippen LogP contribution in [0.5, 0.6) is 11.5 Å². The van der Waals surface area contributed by atoms with Gasteiger partial charge in [-0.25, -0.2) is 0 Å². The lowest BCUT2D eigenvalue weighted by atomic mass is 10.2. The van der Waals surface area contributed by atoms with E-state index in [1.807, 2.05) is 29.1 Å². The molecule has 19 heavy (non-hydrogen) atoms. The summed E-state index contributed by atoms with van der Waals surface area (Å²) in [5.41, 5.74) is 1.08. The SMILES string of the molecule is Clc1cc(CNCCn2cccn2)cc2c1OCO2. The van der Waals surface area contributed by atoms with Gasteiger partial charge in [-0.2, -0.15) is 5.10 Å². The maximum absolute atomic E-state index is 6.12. The zero-order valence-corrected chi connectivity index (χ0v) is 11.1. The van der Waals surface area contributed by atoms with Crippen LogP contribution in [-0.4, -0.2) is 23.1 Å². The lowest BCUT2D eigenvalue weighted by Crippen LogP contribution is -2.19. The van der Waals surface area contributed by atoms with Crippen LogP contribution >= 0.6 is 11.6 Å². The molecule has 6 heteroatoms. The van der Waals surface area contributed by atoms with Crippen molar-refractivity contribution in [3.05, 3.63) is 41.2 Å². The summed E-state index contributed by atoms with van der Waals surface area (Å²) in [5.74, 6) is 1.36. The van der Waals surface area contributed by atoms with E-state index in [4.69, 9.17) is 21.1 Å². The molecule has 3 rings (SSSR count). The molecule has 0 fully saturated rings. The average Bonchev–Trinajstić information content (AvgIpc) is 3.05. The Hall–Kier alpha value is -1.72. The van der Waals surface area contributed by atoms with Crippen LogP contribution in [0.25, 0.3) is 0 Å². The maximum atomic E-state index is 6.12. The Kier molecular flexibility index (Phi) is 3.57. The summed E-state index contributed by atoms with van der Waals surface area (Å²) in [5, 5.41) is 8.08. The van der Waals surface area contributed by atoms with Gasteiger partial charge in [0.2, 0.25) is 6.79 Å². The van der Waals surface area contributed by atoms with Crippen molar-refractivity contribution in [2.45, 2.75) is 13.1 Å². The predicted octanol–water partition coefficient (Wildman–Crippen LogP) is 2.05. The van der Waals surface area contributed by atoms with E-state index in [-0.39, 0.29) is 6.79 Å². The van der Waals surface area contributed by atoms with Crippen LogP contribution in [0.4, 0.5) is 0 Å². The molecular weight excluding hydrogens is 266 g/mol. The molecule has 2 aromatic rings. The van der Waals surface area contributed by atoms with Gasteiger partial charge in [-0.3, -0.25) is 4.68 Å². The molecule has 0 atom stereocenters. The van der Waals surface area contributed by atoms with Gasteiger partial charge >= 0.3 is 0 Å². The van der Waals surface area contributed by atoms with Gasteiger partial charge in [0.05, 0.1) is 11.6 Å². The van der Waals surface area contributed by atoms with Crippen LogP contribution in [-0.2, 0) is 13.1 Å². The van der Waals surface area contributed by atoms with Crippen LogP contribution in [0.1, 0.15) is 5.56 Å². The highest BCUT2D eigenvalue weighted by molar-refractivity contribution is 6.32. The summed E-state index contributed by atoms with van der Waals surface area (Å²) in [6.07, 6.45) is 3.72.